The smallest absolute Gasteiger partial charge is 0.0353 e. The van der Waals surface area contributed by atoms with Crippen LogP contribution in [0.15, 0.2) is 36.4 Å². The van der Waals surface area contributed by atoms with E-state index < -0.39 is 0 Å². The highest BCUT2D eigenvalue weighted by Gasteiger charge is 2.12. The van der Waals surface area contributed by atoms with Crippen molar-refractivity contribution in [1.82, 2.24) is 0 Å². The van der Waals surface area contributed by atoms with Crippen molar-refractivity contribution in [2.24, 2.45) is 0 Å². The number of hydrogen-bond donors (Lipinski definition) is 1. The van der Waals surface area contributed by atoms with Crippen molar-refractivity contribution < 1.29 is 0 Å². The molecule has 0 saturated heterocycles. The number of aryl methyl sites for hydroxylation is 1. The summed E-state index contributed by atoms with van der Waals surface area (Å²) in [4.78, 5) is 2.73. The highest BCUT2D eigenvalue weighted by atomic mass is 32.1. The fourth-order valence-corrected chi connectivity index (χ4v) is 2.69. The lowest BCUT2D eigenvalue weighted by molar-refractivity contribution is 0.951. The molecule has 1 atom stereocenters. The predicted octanol–water partition coefficient (Wildman–Crippen LogP) is 3.79. The largest absolute Gasteiger partial charge is 0.398 e. The normalized spacial score (nSPS) is 12.7. The molecule has 78 valence electrons. The second-order valence-corrected chi connectivity index (χ2v) is 5.12. The molecular weight excluding hydrogens is 202 g/mol. The molecule has 15 heavy (non-hydrogen) atoms. The van der Waals surface area contributed by atoms with Crippen LogP contribution in [0.1, 0.15) is 28.2 Å². The molecular formula is C13H15NS. The summed E-state index contributed by atoms with van der Waals surface area (Å²) in [5.41, 5.74) is 8.08. The second kappa shape index (κ2) is 4.07. The number of hydrogen-bond acceptors (Lipinski definition) is 2. The summed E-state index contributed by atoms with van der Waals surface area (Å²) >= 11 is 1.84. The molecule has 0 fully saturated rings. The fraction of sp³-hybridized carbons (Fsp3) is 0.231. The van der Waals surface area contributed by atoms with E-state index in [-0.39, 0.29) is 0 Å². The zero-order valence-electron chi connectivity index (χ0n) is 9.03. The van der Waals surface area contributed by atoms with Crippen LogP contribution in [0.3, 0.4) is 0 Å². The van der Waals surface area contributed by atoms with Gasteiger partial charge in [0.25, 0.3) is 0 Å². The summed E-state index contributed by atoms with van der Waals surface area (Å²) in [5.74, 6) is 0.393. The Bertz CT molecular complexity index is 459. The van der Waals surface area contributed by atoms with Gasteiger partial charge in [-0.2, -0.15) is 0 Å². The van der Waals surface area contributed by atoms with Gasteiger partial charge in [0.1, 0.15) is 0 Å². The molecule has 0 aliphatic heterocycles. The highest BCUT2D eigenvalue weighted by molar-refractivity contribution is 7.12. The van der Waals surface area contributed by atoms with Gasteiger partial charge in [-0.25, -0.2) is 0 Å². The van der Waals surface area contributed by atoms with Crippen molar-refractivity contribution in [2.75, 3.05) is 5.73 Å². The van der Waals surface area contributed by atoms with Gasteiger partial charge in [0.15, 0.2) is 0 Å². The van der Waals surface area contributed by atoms with E-state index in [9.17, 15) is 0 Å². The van der Waals surface area contributed by atoms with Crippen molar-refractivity contribution in [3.05, 3.63) is 51.7 Å². The van der Waals surface area contributed by atoms with E-state index >= 15 is 0 Å². The summed E-state index contributed by atoms with van der Waals surface area (Å²) in [6.45, 7) is 4.34. The maximum absolute atomic E-state index is 5.97. The van der Waals surface area contributed by atoms with Crippen LogP contribution in [0, 0.1) is 6.92 Å². The van der Waals surface area contributed by atoms with Gasteiger partial charge < -0.3 is 5.73 Å². The molecule has 2 N–H and O–H groups in total. The van der Waals surface area contributed by atoms with Gasteiger partial charge in [-0.3, -0.25) is 0 Å². The molecule has 2 rings (SSSR count). The topological polar surface area (TPSA) is 26.0 Å². The minimum atomic E-state index is 0.393. The summed E-state index contributed by atoms with van der Waals surface area (Å²) in [6, 6.07) is 12.4. The van der Waals surface area contributed by atoms with E-state index in [1.165, 1.54) is 15.3 Å². The van der Waals surface area contributed by atoms with Crippen molar-refractivity contribution in [3.8, 4) is 0 Å². The molecule has 0 radical (unpaired) electrons. The second-order valence-electron chi connectivity index (χ2n) is 3.80. The van der Waals surface area contributed by atoms with Gasteiger partial charge in [-0.1, -0.05) is 25.1 Å². The van der Waals surface area contributed by atoms with Gasteiger partial charge >= 0.3 is 0 Å². The fourth-order valence-electron chi connectivity index (χ4n) is 1.74. The Balaban J connectivity index is 2.36. The summed E-state index contributed by atoms with van der Waals surface area (Å²) < 4.78 is 0. The first-order valence-electron chi connectivity index (χ1n) is 5.09. The van der Waals surface area contributed by atoms with Crippen molar-refractivity contribution in [3.63, 3.8) is 0 Å². The molecule has 0 spiro atoms. The van der Waals surface area contributed by atoms with E-state index in [2.05, 4.69) is 32.0 Å². The third-order valence-electron chi connectivity index (χ3n) is 2.65. The predicted molar refractivity (Wildman–Crippen MR) is 67.4 cm³/mol. The van der Waals surface area contributed by atoms with Gasteiger partial charge in [0, 0.05) is 21.4 Å². The van der Waals surface area contributed by atoms with Crippen LogP contribution >= 0.6 is 11.3 Å². The number of benzene rings is 1. The third-order valence-corrected chi connectivity index (χ3v) is 3.83. The maximum atomic E-state index is 5.97. The number of nitrogens with two attached hydrogens (primary N) is 1. The Hall–Kier alpha value is -1.28. The third kappa shape index (κ3) is 2.05. The Morgan fingerprint density at radius 2 is 1.87 bits per heavy atom. The molecule has 1 nitrogen and oxygen atoms in total. The van der Waals surface area contributed by atoms with E-state index in [1.54, 1.807) is 0 Å². The van der Waals surface area contributed by atoms with Gasteiger partial charge in [-0.05, 0) is 30.7 Å². The number of anilines is 1. The summed E-state index contributed by atoms with van der Waals surface area (Å²) in [7, 11) is 0. The minimum Gasteiger partial charge on any atom is -0.398 e. The number of rotatable bonds is 2. The molecule has 2 heteroatoms. The summed E-state index contributed by atoms with van der Waals surface area (Å²) in [5, 5.41) is 0. The van der Waals surface area contributed by atoms with Crippen LogP contribution in [0.5, 0.6) is 0 Å². The first kappa shape index (κ1) is 10.2. The molecule has 0 aliphatic carbocycles. The van der Waals surface area contributed by atoms with Crippen LogP contribution in [0.25, 0.3) is 0 Å². The Labute approximate surface area is 94.6 Å². The quantitative estimate of drug-likeness (QED) is 0.761. The van der Waals surface area contributed by atoms with E-state index in [1.807, 2.05) is 29.5 Å². The average molecular weight is 217 g/mol. The molecule has 1 aromatic carbocycles. The first-order valence-corrected chi connectivity index (χ1v) is 5.91. The maximum Gasteiger partial charge on any atom is 0.0353 e. The van der Waals surface area contributed by atoms with Crippen LogP contribution < -0.4 is 5.73 Å². The molecule has 1 aromatic heterocycles. The lowest BCUT2D eigenvalue weighted by Gasteiger charge is -2.12. The van der Waals surface area contributed by atoms with Gasteiger partial charge in [0.2, 0.25) is 0 Å². The lowest BCUT2D eigenvalue weighted by atomic mass is 9.98. The molecule has 1 unspecified atom stereocenters. The van der Waals surface area contributed by atoms with Gasteiger partial charge in [0.05, 0.1) is 0 Å². The Morgan fingerprint density at radius 1 is 1.13 bits per heavy atom. The minimum absolute atomic E-state index is 0.393. The van der Waals surface area contributed by atoms with Crippen molar-refractivity contribution in [2.45, 2.75) is 19.8 Å². The first-order chi connectivity index (χ1) is 7.18. The number of para-hydroxylation sites is 1. The van der Waals surface area contributed by atoms with E-state index in [0.29, 0.717) is 5.92 Å². The molecule has 0 amide bonds. The van der Waals surface area contributed by atoms with Crippen molar-refractivity contribution >= 4 is 17.0 Å². The average Bonchev–Trinajstić information content (AvgIpc) is 2.65. The molecule has 0 saturated carbocycles. The van der Waals surface area contributed by atoms with E-state index in [4.69, 9.17) is 5.73 Å². The van der Waals surface area contributed by atoms with Crippen LogP contribution in [0.2, 0.25) is 0 Å². The van der Waals surface area contributed by atoms with Crippen LogP contribution in [-0.4, -0.2) is 0 Å². The number of nitrogen functional groups attached to an aromatic ring is 1. The SMILES string of the molecule is Cc1ccc(C(C)c2ccccc2N)s1. The standard InChI is InChI=1S/C13H15NS/c1-9-7-8-13(15-9)10(2)11-5-3-4-6-12(11)14/h3-8,10H,14H2,1-2H3. The number of thiophene rings is 1. The highest BCUT2D eigenvalue weighted by Crippen LogP contribution is 2.32. The summed E-state index contributed by atoms with van der Waals surface area (Å²) in [6.07, 6.45) is 0. The van der Waals surface area contributed by atoms with Crippen LogP contribution in [0.4, 0.5) is 5.69 Å². The Kier molecular flexibility index (Phi) is 2.78. The molecule has 0 bridgehead atoms. The lowest BCUT2D eigenvalue weighted by Crippen LogP contribution is -1.98. The Morgan fingerprint density at radius 3 is 2.47 bits per heavy atom. The van der Waals surface area contributed by atoms with Crippen LogP contribution in [-0.2, 0) is 0 Å². The molecule has 0 aliphatic rings. The van der Waals surface area contributed by atoms with E-state index in [0.717, 1.165) is 5.69 Å². The molecule has 2 aromatic rings. The zero-order valence-corrected chi connectivity index (χ0v) is 9.84. The van der Waals surface area contributed by atoms with Gasteiger partial charge in [-0.15, -0.1) is 11.3 Å². The molecule has 1 heterocycles. The monoisotopic (exact) mass is 217 g/mol. The van der Waals surface area contributed by atoms with Crippen molar-refractivity contribution in [1.29, 1.82) is 0 Å². The zero-order chi connectivity index (χ0) is 10.8.